The molecule has 24 heavy (non-hydrogen) atoms. The number of rotatable bonds is 3. The summed E-state index contributed by atoms with van der Waals surface area (Å²) in [6.07, 6.45) is 4.07. The predicted molar refractivity (Wildman–Crippen MR) is 88.8 cm³/mol. The van der Waals surface area contributed by atoms with Crippen LogP contribution in [0.4, 0.5) is 0 Å². The highest BCUT2D eigenvalue weighted by molar-refractivity contribution is 5.78. The lowest BCUT2D eigenvalue weighted by Gasteiger charge is -2.33. The maximum Gasteiger partial charge on any atom is 0.236 e. The summed E-state index contributed by atoms with van der Waals surface area (Å²) in [7, 11) is 0. The summed E-state index contributed by atoms with van der Waals surface area (Å²) in [5.41, 5.74) is 0.900. The van der Waals surface area contributed by atoms with Crippen LogP contribution in [-0.4, -0.2) is 76.2 Å². The van der Waals surface area contributed by atoms with E-state index in [-0.39, 0.29) is 5.91 Å². The number of ether oxygens (including phenoxy) is 1. The number of fused-ring (bicyclic) bond motifs is 1. The van der Waals surface area contributed by atoms with Crippen LogP contribution < -0.4 is 0 Å². The minimum atomic E-state index is 0.227. The molecule has 2 fully saturated rings. The number of carbonyl (C=O) groups is 1. The minimum Gasteiger partial charge on any atom is -0.378 e. The third kappa shape index (κ3) is 3.14. The number of piperidine rings is 1. The molecule has 0 atom stereocenters. The Morgan fingerprint density at radius 1 is 1.12 bits per heavy atom. The normalized spacial score (nSPS) is 20.6. The van der Waals surface area contributed by atoms with Crippen LogP contribution in [0.3, 0.4) is 0 Å². The average molecular weight is 329 g/mol. The summed E-state index contributed by atoms with van der Waals surface area (Å²) in [5, 5.41) is 8.63. The zero-order valence-electron chi connectivity index (χ0n) is 13.8. The van der Waals surface area contributed by atoms with Crippen LogP contribution in [-0.2, 0) is 9.53 Å². The standard InChI is InChI=1S/C17H23N5O2/c23-16(21-9-11-24-12-10-21)13-20-7-4-14(5-8-20)17-19-18-15-3-1-2-6-22(15)17/h1-3,6,14H,4-5,7-13H2. The Kier molecular flexibility index (Phi) is 4.44. The van der Waals surface area contributed by atoms with Crippen molar-refractivity contribution in [3.63, 3.8) is 0 Å². The quantitative estimate of drug-likeness (QED) is 0.832. The van der Waals surface area contributed by atoms with Crippen molar-refractivity contribution in [2.45, 2.75) is 18.8 Å². The summed E-state index contributed by atoms with van der Waals surface area (Å²) in [4.78, 5) is 16.5. The summed E-state index contributed by atoms with van der Waals surface area (Å²) in [6, 6.07) is 5.97. The van der Waals surface area contributed by atoms with E-state index in [2.05, 4.69) is 19.5 Å². The van der Waals surface area contributed by atoms with Crippen molar-refractivity contribution in [3.05, 3.63) is 30.2 Å². The molecule has 0 bridgehead atoms. The molecule has 0 N–H and O–H groups in total. The summed E-state index contributed by atoms with van der Waals surface area (Å²) >= 11 is 0. The molecule has 0 unspecified atom stereocenters. The zero-order valence-corrected chi connectivity index (χ0v) is 13.8. The van der Waals surface area contributed by atoms with Gasteiger partial charge in [-0.05, 0) is 38.1 Å². The summed E-state index contributed by atoms with van der Waals surface area (Å²) in [6.45, 7) is 5.15. The number of hydrogen-bond acceptors (Lipinski definition) is 5. The molecule has 2 aromatic rings. The van der Waals surface area contributed by atoms with Crippen molar-refractivity contribution in [3.8, 4) is 0 Å². The number of amides is 1. The summed E-state index contributed by atoms with van der Waals surface area (Å²) < 4.78 is 7.39. The van der Waals surface area contributed by atoms with Crippen molar-refractivity contribution in [2.24, 2.45) is 0 Å². The van der Waals surface area contributed by atoms with E-state index in [1.54, 1.807) is 0 Å². The van der Waals surface area contributed by atoms with Gasteiger partial charge in [-0.1, -0.05) is 6.07 Å². The van der Waals surface area contributed by atoms with E-state index in [1.807, 2.05) is 29.3 Å². The largest absolute Gasteiger partial charge is 0.378 e. The highest BCUT2D eigenvalue weighted by Crippen LogP contribution is 2.27. The second kappa shape index (κ2) is 6.86. The van der Waals surface area contributed by atoms with Gasteiger partial charge in [0.05, 0.1) is 19.8 Å². The van der Waals surface area contributed by atoms with E-state index in [0.717, 1.165) is 50.5 Å². The Labute approximate surface area is 141 Å². The lowest BCUT2D eigenvalue weighted by atomic mass is 9.96. The number of nitrogens with zero attached hydrogens (tertiary/aromatic N) is 5. The van der Waals surface area contributed by atoms with Crippen molar-refractivity contribution >= 4 is 11.6 Å². The van der Waals surface area contributed by atoms with Crippen LogP contribution in [0.25, 0.3) is 5.65 Å². The molecule has 7 nitrogen and oxygen atoms in total. The van der Waals surface area contributed by atoms with Gasteiger partial charge in [-0.25, -0.2) is 0 Å². The SMILES string of the molecule is O=C(CN1CCC(c2nnc3ccccn23)CC1)N1CCOCC1. The van der Waals surface area contributed by atoms with Gasteiger partial charge in [0.1, 0.15) is 5.82 Å². The highest BCUT2D eigenvalue weighted by atomic mass is 16.5. The third-order valence-electron chi connectivity index (χ3n) is 5.02. The van der Waals surface area contributed by atoms with E-state index in [4.69, 9.17) is 4.74 Å². The number of pyridine rings is 1. The molecule has 2 saturated heterocycles. The molecule has 2 aliphatic heterocycles. The van der Waals surface area contributed by atoms with E-state index < -0.39 is 0 Å². The van der Waals surface area contributed by atoms with Gasteiger partial charge in [0.2, 0.25) is 5.91 Å². The number of likely N-dealkylation sites (tertiary alicyclic amines) is 1. The average Bonchev–Trinajstić information content (AvgIpc) is 3.07. The molecule has 4 heterocycles. The lowest BCUT2D eigenvalue weighted by molar-refractivity contribution is -0.136. The van der Waals surface area contributed by atoms with Gasteiger partial charge in [-0.15, -0.1) is 10.2 Å². The zero-order chi connectivity index (χ0) is 16.4. The van der Waals surface area contributed by atoms with Gasteiger partial charge in [0.25, 0.3) is 0 Å². The molecule has 128 valence electrons. The van der Waals surface area contributed by atoms with E-state index in [9.17, 15) is 4.79 Å². The molecule has 0 aromatic carbocycles. The van der Waals surface area contributed by atoms with Crippen LogP contribution in [0.15, 0.2) is 24.4 Å². The van der Waals surface area contributed by atoms with E-state index in [0.29, 0.717) is 25.7 Å². The first-order valence-electron chi connectivity index (χ1n) is 8.69. The van der Waals surface area contributed by atoms with Crippen LogP contribution in [0.1, 0.15) is 24.6 Å². The molecule has 7 heteroatoms. The van der Waals surface area contributed by atoms with Crippen molar-refractivity contribution in [2.75, 3.05) is 45.9 Å². The Morgan fingerprint density at radius 3 is 2.71 bits per heavy atom. The van der Waals surface area contributed by atoms with E-state index in [1.165, 1.54) is 0 Å². The second-order valence-electron chi connectivity index (χ2n) is 6.53. The predicted octanol–water partition coefficient (Wildman–Crippen LogP) is 0.768. The molecule has 2 aliphatic rings. The Hall–Kier alpha value is -1.99. The van der Waals surface area contributed by atoms with Crippen molar-refractivity contribution < 1.29 is 9.53 Å². The maximum absolute atomic E-state index is 12.4. The first kappa shape index (κ1) is 15.5. The molecule has 4 rings (SSSR count). The second-order valence-corrected chi connectivity index (χ2v) is 6.53. The topological polar surface area (TPSA) is 63.0 Å². The fourth-order valence-electron chi connectivity index (χ4n) is 3.59. The number of carbonyl (C=O) groups excluding carboxylic acids is 1. The molecular weight excluding hydrogens is 306 g/mol. The fraction of sp³-hybridized carbons (Fsp3) is 0.588. The monoisotopic (exact) mass is 329 g/mol. The Balaban J connectivity index is 1.34. The smallest absolute Gasteiger partial charge is 0.236 e. The molecule has 0 saturated carbocycles. The van der Waals surface area contributed by atoms with E-state index >= 15 is 0 Å². The number of aromatic nitrogens is 3. The Morgan fingerprint density at radius 2 is 1.92 bits per heavy atom. The van der Waals surface area contributed by atoms with Gasteiger partial charge < -0.3 is 9.64 Å². The maximum atomic E-state index is 12.4. The third-order valence-corrected chi connectivity index (χ3v) is 5.02. The van der Waals surface area contributed by atoms with Crippen LogP contribution >= 0.6 is 0 Å². The van der Waals surface area contributed by atoms with Gasteiger partial charge in [0, 0.05) is 25.2 Å². The molecule has 0 spiro atoms. The van der Waals surface area contributed by atoms with Gasteiger partial charge in [-0.2, -0.15) is 0 Å². The highest BCUT2D eigenvalue weighted by Gasteiger charge is 2.27. The lowest BCUT2D eigenvalue weighted by Crippen LogP contribution is -2.47. The van der Waals surface area contributed by atoms with Crippen LogP contribution in [0.2, 0.25) is 0 Å². The van der Waals surface area contributed by atoms with Crippen LogP contribution in [0, 0.1) is 0 Å². The number of hydrogen-bond donors (Lipinski definition) is 0. The van der Waals surface area contributed by atoms with Crippen molar-refractivity contribution in [1.29, 1.82) is 0 Å². The van der Waals surface area contributed by atoms with Crippen LogP contribution in [0.5, 0.6) is 0 Å². The van der Waals surface area contributed by atoms with Gasteiger partial charge in [-0.3, -0.25) is 14.1 Å². The molecule has 0 radical (unpaired) electrons. The fourth-order valence-corrected chi connectivity index (χ4v) is 3.59. The van der Waals surface area contributed by atoms with Gasteiger partial charge in [0.15, 0.2) is 5.65 Å². The first-order chi connectivity index (χ1) is 11.8. The summed E-state index contributed by atoms with van der Waals surface area (Å²) in [5.74, 6) is 1.69. The minimum absolute atomic E-state index is 0.227. The molecular formula is C17H23N5O2. The number of morpholine rings is 1. The Bertz CT molecular complexity index is 702. The van der Waals surface area contributed by atoms with Gasteiger partial charge >= 0.3 is 0 Å². The first-order valence-corrected chi connectivity index (χ1v) is 8.69. The molecule has 2 aromatic heterocycles. The molecule has 0 aliphatic carbocycles. The van der Waals surface area contributed by atoms with Crippen molar-refractivity contribution in [1.82, 2.24) is 24.4 Å². The molecule has 1 amide bonds.